The van der Waals surface area contributed by atoms with Crippen LogP contribution >= 0.6 is 39.0 Å². The monoisotopic (exact) mass is 315 g/mol. The second-order valence-corrected chi connectivity index (χ2v) is 6.49. The van der Waals surface area contributed by atoms with Crippen molar-refractivity contribution in [1.82, 2.24) is 10.2 Å². The fraction of sp³-hybridized carbons (Fsp3) is 0.200. The molecule has 0 bridgehead atoms. The number of nitrogens with two attached hydrogens (primary N) is 1. The highest BCUT2D eigenvalue weighted by atomic mass is 79.9. The van der Waals surface area contributed by atoms with Crippen LogP contribution in [0.25, 0.3) is 0 Å². The van der Waals surface area contributed by atoms with Crippen LogP contribution in [0.2, 0.25) is 0 Å². The van der Waals surface area contributed by atoms with Crippen LogP contribution in [-0.2, 0) is 5.75 Å². The topological polar surface area (TPSA) is 51.8 Å². The molecule has 0 spiro atoms. The number of hydrogen-bond donors (Lipinski definition) is 1. The number of aryl methyl sites for hydroxylation is 1. The lowest BCUT2D eigenvalue weighted by Gasteiger charge is -2.02. The Morgan fingerprint density at radius 2 is 2.25 bits per heavy atom. The van der Waals surface area contributed by atoms with E-state index in [4.69, 9.17) is 5.73 Å². The Kier molecular flexibility index (Phi) is 3.83. The minimum Gasteiger partial charge on any atom is -0.398 e. The SMILES string of the molecule is Cc1nnc(SCc2ccc(Br)c(N)c2)s1. The van der Waals surface area contributed by atoms with E-state index in [-0.39, 0.29) is 0 Å². The number of hydrogen-bond acceptors (Lipinski definition) is 5. The maximum atomic E-state index is 5.81. The number of nitrogens with zero attached hydrogens (tertiary/aromatic N) is 2. The first-order chi connectivity index (χ1) is 7.65. The van der Waals surface area contributed by atoms with Gasteiger partial charge in [-0.05, 0) is 40.5 Å². The quantitative estimate of drug-likeness (QED) is 0.696. The molecule has 0 fully saturated rings. The number of benzene rings is 1. The molecule has 16 heavy (non-hydrogen) atoms. The Morgan fingerprint density at radius 3 is 2.88 bits per heavy atom. The van der Waals surface area contributed by atoms with E-state index < -0.39 is 0 Å². The summed E-state index contributed by atoms with van der Waals surface area (Å²) in [5.41, 5.74) is 7.78. The summed E-state index contributed by atoms with van der Waals surface area (Å²) in [4.78, 5) is 0. The van der Waals surface area contributed by atoms with E-state index in [1.54, 1.807) is 23.1 Å². The van der Waals surface area contributed by atoms with Gasteiger partial charge in [-0.2, -0.15) is 0 Å². The molecule has 0 aliphatic carbocycles. The van der Waals surface area contributed by atoms with Crippen LogP contribution in [0.3, 0.4) is 0 Å². The van der Waals surface area contributed by atoms with Crippen LogP contribution < -0.4 is 5.73 Å². The van der Waals surface area contributed by atoms with E-state index in [1.165, 1.54) is 5.56 Å². The first kappa shape index (κ1) is 11.9. The minimum atomic E-state index is 0.770. The van der Waals surface area contributed by atoms with E-state index in [2.05, 4.69) is 32.2 Å². The van der Waals surface area contributed by atoms with Gasteiger partial charge in [0.2, 0.25) is 0 Å². The maximum Gasteiger partial charge on any atom is 0.174 e. The van der Waals surface area contributed by atoms with Crippen molar-refractivity contribution in [2.45, 2.75) is 17.0 Å². The maximum absolute atomic E-state index is 5.81. The van der Waals surface area contributed by atoms with E-state index >= 15 is 0 Å². The van der Waals surface area contributed by atoms with Crippen LogP contribution in [0, 0.1) is 6.92 Å². The first-order valence-corrected chi connectivity index (χ1v) is 7.21. The van der Waals surface area contributed by atoms with Gasteiger partial charge in [-0.25, -0.2) is 0 Å². The molecule has 0 amide bonds. The van der Waals surface area contributed by atoms with Gasteiger partial charge in [0.15, 0.2) is 4.34 Å². The molecule has 0 aliphatic heterocycles. The summed E-state index contributed by atoms with van der Waals surface area (Å²) < 4.78 is 1.94. The minimum absolute atomic E-state index is 0.770. The molecule has 1 aromatic heterocycles. The predicted molar refractivity (Wildman–Crippen MR) is 72.8 cm³/mol. The molecule has 0 saturated carbocycles. The largest absolute Gasteiger partial charge is 0.398 e. The van der Waals surface area contributed by atoms with Crippen molar-refractivity contribution in [1.29, 1.82) is 0 Å². The Morgan fingerprint density at radius 1 is 1.44 bits per heavy atom. The van der Waals surface area contributed by atoms with Gasteiger partial charge in [0.1, 0.15) is 5.01 Å². The summed E-state index contributed by atoms with van der Waals surface area (Å²) in [6, 6.07) is 6.00. The van der Waals surface area contributed by atoms with Crippen molar-refractivity contribution in [3.8, 4) is 0 Å². The van der Waals surface area contributed by atoms with Gasteiger partial charge in [-0.3, -0.25) is 0 Å². The van der Waals surface area contributed by atoms with Crippen molar-refractivity contribution < 1.29 is 0 Å². The van der Waals surface area contributed by atoms with Crippen molar-refractivity contribution in [2.75, 3.05) is 5.73 Å². The highest BCUT2D eigenvalue weighted by Crippen LogP contribution is 2.28. The van der Waals surface area contributed by atoms with E-state index in [9.17, 15) is 0 Å². The zero-order valence-corrected chi connectivity index (χ0v) is 11.8. The van der Waals surface area contributed by atoms with Gasteiger partial charge in [0.05, 0.1) is 0 Å². The summed E-state index contributed by atoms with van der Waals surface area (Å²) in [6.45, 7) is 1.96. The molecule has 0 aliphatic rings. The third-order valence-corrected chi connectivity index (χ3v) is 4.70. The average Bonchev–Trinajstić information content (AvgIpc) is 2.66. The van der Waals surface area contributed by atoms with Crippen molar-refractivity contribution in [3.05, 3.63) is 33.2 Å². The van der Waals surface area contributed by atoms with Crippen molar-refractivity contribution >= 4 is 44.7 Å². The van der Waals surface area contributed by atoms with Crippen LogP contribution in [-0.4, -0.2) is 10.2 Å². The highest BCUT2D eigenvalue weighted by molar-refractivity contribution is 9.10. The molecular formula is C10H10BrN3S2. The number of aromatic nitrogens is 2. The highest BCUT2D eigenvalue weighted by Gasteiger charge is 2.03. The number of rotatable bonds is 3. The molecule has 0 saturated heterocycles. The molecule has 1 heterocycles. The Bertz CT molecular complexity index is 499. The van der Waals surface area contributed by atoms with Crippen molar-refractivity contribution in [2.24, 2.45) is 0 Å². The third-order valence-electron chi connectivity index (χ3n) is 1.93. The standard InChI is InChI=1S/C10H10BrN3S2/c1-6-13-14-10(16-6)15-5-7-2-3-8(11)9(12)4-7/h2-4H,5,12H2,1H3. The summed E-state index contributed by atoms with van der Waals surface area (Å²) in [5.74, 6) is 0.867. The predicted octanol–water partition coefficient (Wildman–Crippen LogP) is 3.48. The lowest BCUT2D eigenvalue weighted by Crippen LogP contribution is -1.89. The zero-order valence-electron chi connectivity index (χ0n) is 8.61. The lowest BCUT2D eigenvalue weighted by atomic mass is 10.2. The molecule has 0 atom stereocenters. The van der Waals surface area contributed by atoms with Crippen LogP contribution in [0.4, 0.5) is 5.69 Å². The molecule has 2 N–H and O–H groups in total. The van der Waals surface area contributed by atoms with Gasteiger partial charge in [0.25, 0.3) is 0 Å². The fourth-order valence-corrected chi connectivity index (χ4v) is 3.17. The molecule has 2 aromatic rings. The number of thioether (sulfide) groups is 1. The summed E-state index contributed by atoms with van der Waals surface area (Å²) in [5, 5.41) is 9.04. The van der Waals surface area contributed by atoms with Gasteiger partial charge >= 0.3 is 0 Å². The number of halogens is 1. The van der Waals surface area contributed by atoms with Gasteiger partial charge in [-0.15, -0.1) is 10.2 Å². The Hall–Kier alpha value is -0.590. The Labute approximate surface area is 111 Å². The molecule has 6 heteroatoms. The molecule has 84 valence electrons. The molecular weight excluding hydrogens is 306 g/mol. The number of anilines is 1. The Balaban J connectivity index is 2.02. The third kappa shape index (κ3) is 2.96. The van der Waals surface area contributed by atoms with E-state index in [1.807, 2.05) is 19.1 Å². The van der Waals surface area contributed by atoms with Crippen LogP contribution in [0.1, 0.15) is 10.6 Å². The average molecular weight is 316 g/mol. The molecule has 0 unspecified atom stereocenters. The molecule has 3 nitrogen and oxygen atoms in total. The summed E-state index contributed by atoms with van der Waals surface area (Å²) in [7, 11) is 0. The molecule has 1 aromatic carbocycles. The van der Waals surface area contributed by atoms with E-state index in [0.717, 1.165) is 25.3 Å². The second kappa shape index (κ2) is 5.16. The normalized spacial score (nSPS) is 10.6. The number of nitrogen functional groups attached to an aromatic ring is 1. The second-order valence-electron chi connectivity index (χ2n) is 3.23. The smallest absolute Gasteiger partial charge is 0.174 e. The van der Waals surface area contributed by atoms with Gasteiger partial charge in [0, 0.05) is 15.9 Å². The first-order valence-electron chi connectivity index (χ1n) is 4.62. The van der Waals surface area contributed by atoms with Crippen LogP contribution in [0.15, 0.2) is 27.0 Å². The molecule has 2 rings (SSSR count). The fourth-order valence-electron chi connectivity index (χ4n) is 1.16. The van der Waals surface area contributed by atoms with Crippen LogP contribution in [0.5, 0.6) is 0 Å². The molecule has 0 radical (unpaired) electrons. The van der Waals surface area contributed by atoms with Crippen molar-refractivity contribution in [3.63, 3.8) is 0 Å². The lowest BCUT2D eigenvalue weighted by molar-refractivity contribution is 0.983. The van der Waals surface area contributed by atoms with Gasteiger partial charge in [-0.1, -0.05) is 29.2 Å². The summed E-state index contributed by atoms with van der Waals surface area (Å²) >= 11 is 6.67. The van der Waals surface area contributed by atoms with Gasteiger partial charge < -0.3 is 5.73 Å². The summed E-state index contributed by atoms with van der Waals surface area (Å²) in [6.07, 6.45) is 0. The zero-order chi connectivity index (χ0) is 11.5. The van der Waals surface area contributed by atoms with E-state index in [0.29, 0.717) is 0 Å².